The van der Waals surface area contributed by atoms with Crippen molar-refractivity contribution in [1.82, 2.24) is 4.90 Å². The van der Waals surface area contributed by atoms with Crippen molar-refractivity contribution in [2.24, 2.45) is 0 Å². The van der Waals surface area contributed by atoms with E-state index in [2.05, 4.69) is 10.1 Å². The first-order valence-electron chi connectivity index (χ1n) is 9.44. The van der Waals surface area contributed by atoms with E-state index in [1.165, 1.54) is 6.07 Å². The van der Waals surface area contributed by atoms with Crippen LogP contribution in [0, 0.1) is 0 Å². The standard InChI is InChI=1S/C21H22F2N2O4/c1-21(19(26)24-15-6-7-17-18(12-15)28-11-10-27-17)8-9-25(21)13-14-4-2-3-5-16(14)29-20(22)23/h2-7,12,20H,8-11,13H2,1H3,(H,24,26). The molecule has 1 atom stereocenters. The highest BCUT2D eigenvalue weighted by molar-refractivity contribution is 5.98. The molecule has 1 saturated heterocycles. The number of hydrogen-bond donors (Lipinski definition) is 1. The van der Waals surface area contributed by atoms with Crippen molar-refractivity contribution in [1.29, 1.82) is 0 Å². The number of likely N-dealkylation sites (tertiary alicyclic amines) is 1. The highest BCUT2D eigenvalue weighted by atomic mass is 19.3. The van der Waals surface area contributed by atoms with Crippen LogP contribution in [0.2, 0.25) is 0 Å². The summed E-state index contributed by atoms with van der Waals surface area (Å²) in [5.74, 6) is 1.22. The molecule has 8 heteroatoms. The van der Waals surface area contributed by atoms with Gasteiger partial charge in [0.25, 0.3) is 0 Å². The number of amides is 1. The summed E-state index contributed by atoms with van der Waals surface area (Å²) >= 11 is 0. The fraction of sp³-hybridized carbons (Fsp3) is 0.381. The van der Waals surface area contributed by atoms with Gasteiger partial charge in [0, 0.05) is 30.4 Å². The summed E-state index contributed by atoms with van der Waals surface area (Å²) in [4.78, 5) is 14.9. The van der Waals surface area contributed by atoms with Crippen molar-refractivity contribution in [3.8, 4) is 17.2 Å². The molecule has 0 bridgehead atoms. The first-order valence-corrected chi connectivity index (χ1v) is 9.44. The smallest absolute Gasteiger partial charge is 0.387 e. The zero-order valence-corrected chi connectivity index (χ0v) is 16.0. The lowest BCUT2D eigenvalue weighted by Crippen LogP contribution is -2.63. The Morgan fingerprint density at radius 3 is 2.69 bits per heavy atom. The number of carbonyl (C=O) groups excluding carboxylic acids is 1. The molecule has 0 saturated carbocycles. The van der Waals surface area contributed by atoms with Gasteiger partial charge in [-0.3, -0.25) is 9.69 Å². The van der Waals surface area contributed by atoms with Gasteiger partial charge in [0.2, 0.25) is 5.91 Å². The maximum absolute atomic E-state index is 13.0. The van der Waals surface area contributed by atoms with E-state index in [1.54, 1.807) is 36.4 Å². The monoisotopic (exact) mass is 404 g/mol. The van der Waals surface area contributed by atoms with Gasteiger partial charge in [0.1, 0.15) is 19.0 Å². The number of ether oxygens (including phenoxy) is 3. The molecule has 0 aliphatic carbocycles. The molecule has 1 amide bonds. The Hall–Kier alpha value is -2.87. The zero-order chi connectivity index (χ0) is 20.4. The van der Waals surface area contributed by atoms with E-state index in [0.717, 1.165) is 0 Å². The molecule has 1 unspecified atom stereocenters. The Kier molecular flexibility index (Phi) is 5.27. The van der Waals surface area contributed by atoms with Crippen molar-refractivity contribution in [2.45, 2.75) is 32.0 Å². The second kappa shape index (κ2) is 7.87. The molecule has 154 valence electrons. The van der Waals surface area contributed by atoms with Crippen molar-refractivity contribution in [3.05, 3.63) is 48.0 Å². The van der Waals surface area contributed by atoms with E-state index < -0.39 is 12.2 Å². The van der Waals surface area contributed by atoms with E-state index in [1.807, 2.05) is 11.8 Å². The van der Waals surface area contributed by atoms with Crippen LogP contribution in [0.15, 0.2) is 42.5 Å². The van der Waals surface area contributed by atoms with Crippen LogP contribution in [0.25, 0.3) is 0 Å². The van der Waals surface area contributed by atoms with Crippen molar-refractivity contribution in [2.75, 3.05) is 25.1 Å². The molecule has 4 rings (SSSR count). The molecule has 29 heavy (non-hydrogen) atoms. The molecular weight excluding hydrogens is 382 g/mol. The van der Waals surface area contributed by atoms with Crippen LogP contribution in [0.5, 0.6) is 17.2 Å². The first-order chi connectivity index (χ1) is 14.0. The lowest BCUT2D eigenvalue weighted by molar-refractivity contribution is -0.136. The zero-order valence-electron chi connectivity index (χ0n) is 16.0. The third-order valence-electron chi connectivity index (χ3n) is 5.41. The third kappa shape index (κ3) is 3.98. The third-order valence-corrected chi connectivity index (χ3v) is 5.41. The molecule has 0 aromatic heterocycles. The summed E-state index contributed by atoms with van der Waals surface area (Å²) in [6.07, 6.45) is 0.668. The summed E-state index contributed by atoms with van der Waals surface area (Å²) in [6, 6.07) is 11.9. The van der Waals surface area contributed by atoms with E-state index in [0.29, 0.717) is 55.5 Å². The highest BCUT2D eigenvalue weighted by Gasteiger charge is 2.47. The molecule has 0 spiro atoms. The summed E-state index contributed by atoms with van der Waals surface area (Å²) in [7, 11) is 0. The summed E-state index contributed by atoms with van der Waals surface area (Å²) in [5.41, 5.74) is 0.491. The van der Waals surface area contributed by atoms with Gasteiger partial charge >= 0.3 is 6.61 Å². The highest BCUT2D eigenvalue weighted by Crippen LogP contribution is 2.37. The van der Waals surface area contributed by atoms with Gasteiger partial charge in [-0.25, -0.2) is 0 Å². The number of halogens is 2. The Labute approximate surface area is 167 Å². The molecule has 6 nitrogen and oxygen atoms in total. The first kappa shape index (κ1) is 19.4. The molecule has 0 radical (unpaired) electrons. The summed E-state index contributed by atoms with van der Waals surface area (Å²) < 4.78 is 41.0. The van der Waals surface area contributed by atoms with Crippen molar-refractivity contribution in [3.63, 3.8) is 0 Å². The Morgan fingerprint density at radius 1 is 1.21 bits per heavy atom. The lowest BCUT2D eigenvalue weighted by Gasteiger charge is -2.49. The van der Waals surface area contributed by atoms with Gasteiger partial charge in [-0.1, -0.05) is 18.2 Å². The van der Waals surface area contributed by atoms with E-state index in [9.17, 15) is 13.6 Å². The van der Waals surface area contributed by atoms with Crippen LogP contribution >= 0.6 is 0 Å². The minimum Gasteiger partial charge on any atom is -0.486 e. The van der Waals surface area contributed by atoms with Crippen LogP contribution in [0.4, 0.5) is 14.5 Å². The summed E-state index contributed by atoms with van der Waals surface area (Å²) in [6.45, 7) is 0.957. The number of nitrogens with zero attached hydrogens (tertiary/aromatic N) is 1. The lowest BCUT2D eigenvalue weighted by atomic mass is 9.85. The maximum atomic E-state index is 13.0. The Balaban J connectivity index is 1.45. The quantitative estimate of drug-likeness (QED) is 0.796. The van der Waals surface area contributed by atoms with E-state index >= 15 is 0 Å². The predicted molar refractivity (Wildman–Crippen MR) is 103 cm³/mol. The Morgan fingerprint density at radius 2 is 1.97 bits per heavy atom. The molecule has 2 aliphatic rings. The van der Waals surface area contributed by atoms with Gasteiger partial charge < -0.3 is 19.5 Å². The van der Waals surface area contributed by atoms with Crippen LogP contribution in [-0.2, 0) is 11.3 Å². The van der Waals surface area contributed by atoms with Gasteiger partial charge in [-0.15, -0.1) is 0 Å². The number of anilines is 1. The number of benzene rings is 2. The number of nitrogens with one attached hydrogen (secondary N) is 1. The number of para-hydroxylation sites is 1. The van der Waals surface area contributed by atoms with Gasteiger partial charge in [-0.05, 0) is 31.5 Å². The van der Waals surface area contributed by atoms with Gasteiger partial charge in [0.05, 0.1) is 5.54 Å². The van der Waals surface area contributed by atoms with Gasteiger partial charge in [0.15, 0.2) is 11.5 Å². The summed E-state index contributed by atoms with van der Waals surface area (Å²) in [5, 5.41) is 2.93. The molecule has 2 aromatic carbocycles. The van der Waals surface area contributed by atoms with Crippen LogP contribution in [-0.4, -0.2) is 42.7 Å². The van der Waals surface area contributed by atoms with Crippen LogP contribution < -0.4 is 19.5 Å². The average Bonchev–Trinajstić information content (AvgIpc) is 2.71. The predicted octanol–water partition coefficient (Wildman–Crippen LogP) is 3.66. The molecule has 1 N–H and O–H groups in total. The topological polar surface area (TPSA) is 60.0 Å². The number of carbonyl (C=O) groups is 1. The fourth-order valence-electron chi connectivity index (χ4n) is 3.55. The average molecular weight is 404 g/mol. The van der Waals surface area contributed by atoms with Crippen molar-refractivity contribution >= 4 is 11.6 Å². The SMILES string of the molecule is CC1(C(=O)Nc2ccc3c(c2)OCCO3)CCN1Cc1ccccc1OC(F)F. The largest absolute Gasteiger partial charge is 0.486 e. The second-order valence-corrected chi connectivity index (χ2v) is 7.24. The number of alkyl halides is 2. The minimum absolute atomic E-state index is 0.129. The number of hydrogen-bond acceptors (Lipinski definition) is 5. The van der Waals surface area contributed by atoms with Crippen LogP contribution in [0.1, 0.15) is 18.9 Å². The van der Waals surface area contributed by atoms with E-state index in [-0.39, 0.29) is 11.7 Å². The normalized spacial score (nSPS) is 20.8. The molecule has 2 heterocycles. The molecule has 2 aromatic rings. The number of rotatable bonds is 6. The number of fused-ring (bicyclic) bond motifs is 1. The molecule has 2 aliphatic heterocycles. The molecule has 1 fully saturated rings. The van der Waals surface area contributed by atoms with E-state index in [4.69, 9.17) is 9.47 Å². The second-order valence-electron chi connectivity index (χ2n) is 7.24. The maximum Gasteiger partial charge on any atom is 0.387 e. The fourth-order valence-corrected chi connectivity index (χ4v) is 3.55. The molecular formula is C21H22F2N2O4. The van der Waals surface area contributed by atoms with Crippen LogP contribution in [0.3, 0.4) is 0 Å². The van der Waals surface area contributed by atoms with Gasteiger partial charge in [-0.2, -0.15) is 8.78 Å². The van der Waals surface area contributed by atoms with Crippen molar-refractivity contribution < 1.29 is 27.8 Å². The Bertz CT molecular complexity index is 908. The minimum atomic E-state index is -2.89.